The van der Waals surface area contributed by atoms with E-state index >= 15 is 0 Å². The van der Waals surface area contributed by atoms with Gasteiger partial charge in [-0.25, -0.2) is 0 Å². The normalized spacial score (nSPS) is 14.3. The zero-order valence-electron chi connectivity index (χ0n) is 16.2. The van der Waals surface area contributed by atoms with Gasteiger partial charge in [0.05, 0.1) is 6.54 Å². The number of aliphatic imine (C=N–C) groups is 1. The number of pyridine rings is 1. The van der Waals surface area contributed by atoms with Crippen LogP contribution in [0.3, 0.4) is 0 Å². The number of benzene rings is 1. The van der Waals surface area contributed by atoms with Gasteiger partial charge in [-0.05, 0) is 36.6 Å². The maximum absolute atomic E-state index is 13.1. The van der Waals surface area contributed by atoms with Crippen LogP contribution in [0, 0.1) is 0 Å². The second-order valence-electron chi connectivity index (χ2n) is 6.80. The highest BCUT2D eigenvalue weighted by atomic mass is 16.2. The molecule has 142 valence electrons. The van der Waals surface area contributed by atoms with Gasteiger partial charge in [0, 0.05) is 18.4 Å². The molecule has 1 aliphatic heterocycles. The number of hydrogen-bond donors (Lipinski definition) is 1. The number of carbonyl (C=O) groups excluding carboxylic acids is 1. The molecule has 0 fully saturated rings. The molecule has 1 N–H and O–H groups in total. The number of carbonyl (C=O) groups is 1. The first kappa shape index (κ1) is 19.1. The van der Waals surface area contributed by atoms with E-state index < -0.39 is 0 Å². The molecule has 1 aromatic carbocycles. The van der Waals surface area contributed by atoms with Gasteiger partial charge in [0.1, 0.15) is 11.7 Å². The smallest absolute Gasteiger partial charge is 0.243 e. The third-order valence-electron chi connectivity index (χ3n) is 4.78. The molecule has 1 atom stereocenters. The Bertz CT molecular complexity index is 788. The first-order valence-electron chi connectivity index (χ1n) is 9.87. The third kappa shape index (κ3) is 4.35. The molecule has 2 heterocycles. The largest absolute Gasteiger partial charge is 0.354 e. The van der Waals surface area contributed by atoms with Gasteiger partial charge in [0.25, 0.3) is 0 Å². The fourth-order valence-corrected chi connectivity index (χ4v) is 3.40. The Morgan fingerprint density at radius 1 is 1.15 bits per heavy atom. The van der Waals surface area contributed by atoms with Crippen LogP contribution in [0.5, 0.6) is 0 Å². The van der Waals surface area contributed by atoms with Gasteiger partial charge in [0.2, 0.25) is 5.91 Å². The molecular formula is C22H28N4O. The molecule has 0 saturated carbocycles. The lowest BCUT2D eigenvalue weighted by Gasteiger charge is -2.36. The minimum Gasteiger partial charge on any atom is -0.354 e. The molecule has 1 aliphatic rings. The Morgan fingerprint density at radius 2 is 1.96 bits per heavy atom. The van der Waals surface area contributed by atoms with Crippen LogP contribution in [0.2, 0.25) is 0 Å². The molecule has 0 bridgehead atoms. The summed E-state index contributed by atoms with van der Waals surface area (Å²) in [5.41, 5.74) is 2.99. The van der Waals surface area contributed by atoms with Gasteiger partial charge >= 0.3 is 0 Å². The number of amidine groups is 1. The van der Waals surface area contributed by atoms with Crippen molar-refractivity contribution in [2.75, 3.05) is 11.4 Å². The second kappa shape index (κ2) is 9.31. The first-order valence-corrected chi connectivity index (χ1v) is 9.87. The standard InChI is InChI=1S/C22H28N4O/c1-3-5-14-24-22(27)20(10-4-2)26-19-13-7-6-11-17(19)16-25-21(26)18-12-8-9-15-23-18/h6-9,11-13,15,20H,3-5,10,14,16H2,1-2H3,(H,24,27). The van der Waals surface area contributed by atoms with Crippen LogP contribution >= 0.6 is 0 Å². The molecule has 1 aromatic heterocycles. The predicted molar refractivity (Wildman–Crippen MR) is 110 cm³/mol. The number of fused-ring (bicyclic) bond motifs is 1. The molecule has 2 aromatic rings. The maximum Gasteiger partial charge on any atom is 0.243 e. The second-order valence-corrected chi connectivity index (χ2v) is 6.80. The van der Waals surface area contributed by atoms with E-state index in [1.54, 1.807) is 6.20 Å². The predicted octanol–water partition coefficient (Wildman–Crippen LogP) is 3.93. The lowest BCUT2D eigenvalue weighted by atomic mass is 10.0. The molecule has 0 radical (unpaired) electrons. The van der Waals surface area contributed by atoms with Gasteiger partial charge in [-0.2, -0.15) is 0 Å². The fourth-order valence-electron chi connectivity index (χ4n) is 3.40. The van der Waals surface area contributed by atoms with E-state index in [1.165, 1.54) is 0 Å². The Morgan fingerprint density at radius 3 is 2.70 bits per heavy atom. The van der Waals surface area contributed by atoms with Crippen molar-refractivity contribution in [2.45, 2.75) is 52.1 Å². The van der Waals surface area contributed by atoms with Crippen molar-refractivity contribution in [3.05, 3.63) is 59.9 Å². The van der Waals surface area contributed by atoms with E-state index in [4.69, 9.17) is 4.99 Å². The quantitative estimate of drug-likeness (QED) is 0.722. The van der Waals surface area contributed by atoms with E-state index in [9.17, 15) is 4.79 Å². The van der Waals surface area contributed by atoms with Crippen molar-refractivity contribution in [1.82, 2.24) is 10.3 Å². The number of amides is 1. The zero-order valence-corrected chi connectivity index (χ0v) is 16.2. The number of rotatable bonds is 8. The van der Waals surface area contributed by atoms with E-state index in [1.807, 2.05) is 30.3 Å². The first-order chi connectivity index (χ1) is 13.3. The topological polar surface area (TPSA) is 57.6 Å². The highest BCUT2D eigenvalue weighted by molar-refractivity contribution is 6.13. The van der Waals surface area contributed by atoms with Gasteiger partial charge in [-0.1, -0.05) is 51.0 Å². The number of unbranched alkanes of at least 4 members (excludes halogenated alkanes) is 1. The number of para-hydroxylation sites is 1. The summed E-state index contributed by atoms with van der Waals surface area (Å²) in [5.74, 6) is 0.837. The van der Waals surface area contributed by atoms with Crippen LogP contribution in [-0.2, 0) is 11.3 Å². The van der Waals surface area contributed by atoms with Crippen LogP contribution in [0.1, 0.15) is 50.8 Å². The van der Waals surface area contributed by atoms with Crippen molar-refractivity contribution in [2.24, 2.45) is 4.99 Å². The minimum absolute atomic E-state index is 0.0608. The summed E-state index contributed by atoms with van der Waals surface area (Å²) in [6.45, 7) is 5.55. The average Bonchev–Trinajstić information content (AvgIpc) is 2.72. The lowest BCUT2D eigenvalue weighted by molar-refractivity contribution is -0.122. The van der Waals surface area contributed by atoms with Crippen molar-refractivity contribution < 1.29 is 4.79 Å². The molecule has 3 rings (SSSR count). The average molecular weight is 364 g/mol. The summed E-state index contributed by atoms with van der Waals surface area (Å²) in [7, 11) is 0. The van der Waals surface area contributed by atoms with E-state index in [0.717, 1.165) is 48.5 Å². The van der Waals surface area contributed by atoms with Crippen LogP contribution in [0.4, 0.5) is 5.69 Å². The van der Waals surface area contributed by atoms with Crippen LogP contribution in [0.15, 0.2) is 53.7 Å². The molecule has 0 aliphatic carbocycles. The Hall–Kier alpha value is -2.69. The summed E-state index contributed by atoms with van der Waals surface area (Å²) in [6.07, 6.45) is 5.50. The number of aromatic nitrogens is 1. The molecular weight excluding hydrogens is 336 g/mol. The van der Waals surface area contributed by atoms with Gasteiger partial charge in [0.15, 0.2) is 5.84 Å². The summed E-state index contributed by atoms with van der Waals surface area (Å²) in [4.78, 5) is 24.5. The molecule has 0 spiro atoms. The van der Waals surface area contributed by atoms with Crippen LogP contribution < -0.4 is 10.2 Å². The number of hydrogen-bond acceptors (Lipinski definition) is 4. The van der Waals surface area contributed by atoms with Crippen LogP contribution in [-0.4, -0.2) is 29.3 Å². The van der Waals surface area contributed by atoms with E-state index in [0.29, 0.717) is 13.1 Å². The SMILES string of the molecule is CCCCNC(=O)C(CCC)N1C(c2ccccn2)=NCc2ccccc21. The van der Waals surface area contributed by atoms with E-state index in [2.05, 4.69) is 41.2 Å². The molecule has 27 heavy (non-hydrogen) atoms. The van der Waals surface area contributed by atoms with Crippen molar-refractivity contribution in [3.8, 4) is 0 Å². The molecule has 1 unspecified atom stereocenters. The minimum atomic E-state index is -0.297. The summed E-state index contributed by atoms with van der Waals surface area (Å²) >= 11 is 0. The van der Waals surface area contributed by atoms with Crippen molar-refractivity contribution >= 4 is 17.4 Å². The van der Waals surface area contributed by atoms with Crippen molar-refractivity contribution in [3.63, 3.8) is 0 Å². The van der Waals surface area contributed by atoms with Crippen LogP contribution in [0.25, 0.3) is 0 Å². The van der Waals surface area contributed by atoms with Gasteiger partial charge in [-0.15, -0.1) is 0 Å². The molecule has 5 nitrogen and oxygen atoms in total. The zero-order chi connectivity index (χ0) is 19.1. The molecule has 0 saturated heterocycles. The summed E-state index contributed by atoms with van der Waals surface area (Å²) < 4.78 is 0. The molecule has 5 heteroatoms. The Labute approximate surface area is 161 Å². The number of anilines is 1. The van der Waals surface area contributed by atoms with Crippen molar-refractivity contribution in [1.29, 1.82) is 0 Å². The monoisotopic (exact) mass is 364 g/mol. The number of nitrogens with zero attached hydrogens (tertiary/aromatic N) is 3. The molecule has 1 amide bonds. The van der Waals surface area contributed by atoms with Gasteiger partial charge in [-0.3, -0.25) is 14.8 Å². The third-order valence-corrected chi connectivity index (χ3v) is 4.78. The Kier molecular flexibility index (Phi) is 6.58. The maximum atomic E-state index is 13.1. The highest BCUT2D eigenvalue weighted by Crippen LogP contribution is 2.30. The highest BCUT2D eigenvalue weighted by Gasteiger charge is 2.33. The van der Waals surface area contributed by atoms with E-state index in [-0.39, 0.29) is 11.9 Å². The Balaban J connectivity index is 1.99. The summed E-state index contributed by atoms with van der Waals surface area (Å²) in [5, 5.41) is 3.11. The number of nitrogens with one attached hydrogen (secondary N) is 1. The fraction of sp³-hybridized carbons (Fsp3) is 0.409. The summed E-state index contributed by atoms with van der Waals surface area (Å²) in [6, 6.07) is 13.7. The lowest BCUT2D eigenvalue weighted by Crippen LogP contribution is -2.51. The van der Waals surface area contributed by atoms with Gasteiger partial charge < -0.3 is 10.2 Å².